The van der Waals surface area contributed by atoms with E-state index in [0.717, 1.165) is 12.0 Å². The Bertz CT molecular complexity index is 281. The quantitative estimate of drug-likeness (QED) is 0.397. The molecule has 0 aliphatic carbocycles. The predicted octanol–water partition coefficient (Wildman–Crippen LogP) is 6.71. The summed E-state index contributed by atoms with van der Waals surface area (Å²) in [6.45, 7) is 17.8. The third-order valence-corrected chi connectivity index (χ3v) is 2.87. The Kier molecular flexibility index (Phi) is 13.3. The molecule has 0 aromatic rings. The van der Waals surface area contributed by atoms with Crippen molar-refractivity contribution in [2.75, 3.05) is 0 Å². The third kappa shape index (κ3) is 8.68. The minimum Gasteiger partial charge on any atom is -0.170 e. The van der Waals surface area contributed by atoms with Crippen LogP contribution in [0.1, 0.15) is 54.9 Å². The van der Waals surface area contributed by atoms with Crippen LogP contribution in [0.4, 0.5) is 13.2 Å². The lowest BCUT2D eigenvalue weighted by molar-refractivity contribution is -0.197. The smallest absolute Gasteiger partial charge is 0.170 e. The highest BCUT2D eigenvalue weighted by molar-refractivity contribution is 5.21. The van der Waals surface area contributed by atoms with E-state index in [0.29, 0.717) is 5.57 Å². The number of allylic oxidation sites excluding steroid dienone is 4. The summed E-state index contributed by atoms with van der Waals surface area (Å²) >= 11 is 0. The van der Waals surface area contributed by atoms with Gasteiger partial charge in [0.15, 0.2) is 0 Å². The summed E-state index contributed by atoms with van der Waals surface area (Å²) in [5.41, 5.74) is -0.340. The van der Waals surface area contributed by atoms with Crippen molar-refractivity contribution >= 4 is 0 Å². The summed E-state index contributed by atoms with van der Waals surface area (Å²) in [6.07, 6.45) is -0.0209. The Morgan fingerprint density at radius 2 is 1.37 bits per heavy atom. The average molecular weight is 278 g/mol. The Morgan fingerprint density at radius 3 is 1.63 bits per heavy atom. The summed E-state index contributed by atoms with van der Waals surface area (Å²) in [4.78, 5) is 0. The second-order valence-electron chi connectivity index (χ2n) is 4.34. The van der Waals surface area contributed by atoms with Crippen LogP contribution in [0.25, 0.3) is 0 Å². The molecule has 0 bridgehead atoms. The molecule has 0 unspecified atom stereocenters. The molecule has 0 saturated heterocycles. The van der Waals surface area contributed by atoms with E-state index in [-0.39, 0.29) is 0 Å². The summed E-state index contributed by atoms with van der Waals surface area (Å²) < 4.78 is 37.9. The normalized spacial score (nSPS) is 12.9. The molecule has 19 heavy (non-hydrogen) atoms. The number of hydrogen-bond donors (Lipinski definition) is 0. The molecule has 0 aromatic heterocycles. The second kappa shape index (κ2) is 10.9. The molecule has 0 heterocycles. The highest BCUT2D eigenvalue weighted by atomic mass is 19.4. The minimum absolute atomic E-state index is 0.336. The SMILES string of the molecule is C=C.CC.CC/C(C)=C/C=C(\C)C(C)(C)C(F)(F)F. The topological polar surface area (TPSA) is 0 Å². The summed E-state index contributed by atoms with van der Waals surface area (Å²) in [7, 11) is 0. The first-order chi connectivity index (χ1) is 8.63. The summed E-state index contributed by atoms with van der Waals surface area (Å²) in [5.74, 6) is 0. The van der Waals surface area contributed by atoms with Crippen LogP contribution in [0.15, 0.2) is 36.5 Å². The molecule has 0 spiro atoms. The van der Waals surface area contributed by atoms with Gasteiger partial charge >= 0.3 is 6.18 Å². The van der Waals surface area contributed by atoms with Crippen LogP contribution in [0, 0.1) is 5.41 Å². The van der Waals surface area contributed by atoms with Crippen molar-refractivity contribution in [2.24, 2.45) is 5.41 Å². The van der Waals surface area contributed by atoms with Gasteiger partial charge in [-0.2, -0.15) is 13.2 Å². The number of halogens is 3. The van der Waals surface area contributed by atoms with Crippen molar-refractivity contribution in [3.8, 4) is 0 Å². The van der Waals surface area contributed by atoms with Crippen molar-refractivity contribution in [3.05, 3.63) is 36.5 Å². The van der Waals surface area contributed by atoms with E-state index >= 15 is 0 Å². The fraction of sp³-hybridized carbons (Fsp3) is 0.625. The van der Waals surface area contributed by atoms with Crippen LogP contribution in [0.5, 0.6) is 0 Å². The van der Waals surface area contributed by atoms with Gasteiger partial charge in [-0.1, -0.05) is 44.1 Å². The molecule has 0 N–H and O–H groups in total. The lowest BCUT2D eigenvalue weighted by atomic mass is 9.84. The van der Waals surface area contributed by atoms with Crippen LogP contribution < -0.4 is 0 Å². The van der Waals surface area contributed by atoms with Gasteiger partial charge in [0.25, 0.3) is 0 Å². The first-order valence-corrected chi connectivity index (χ1v) is 6.54. The lowest BCUT2D eigenvalue weighted by Crippen LogP contribution is -2.33. The van der Waals surface area contributed by atoms with Crippen molar-refractivity contribution in [3.63, 3.8) is 0 Å². The maximum Gasteiger partial charge on any atom is 0.397 e. The molecule has 0 atom stereocenters. The first-order valence-electron chi connectivity index (χ1n) is 6.54. The highest BCUT2D eigenvalue weighted by Crippen LogP contribution is 2.43. The van der Waals surface area contributed by atoms with E-state index in [9.17, 15) is 13.2 Å². The molecule has 0 rings (SSSR count). The lowest BCUT2D eigenvalue weighted by Gasteiger charge is -2.28. The van der Waals surface area contributed by atoms with Crippen LogP contribution in [0.2, 0.25) is 0 Å². The van der Waals surface area contributed by atoms with Crippen LogP contribution >= 0.6 is 0 Å². The maximum absolute atomic E-state index is 12.6. The molecule has 0 amide bonds. The maximum atomic E-state index is 12.6. The average Bonchev–Trinajstić information content (AvgIpc) is 2.38. The zero-order chi connectivity index (χ0) is 16.3. The first kappa shape index (κ1) is 23.1. The van der Waals surface area contributed by atoms with E-state index in [1.807, 2.05) is 27.7 Å². The van der Waals surface area contributed by atoms with Gasteiger partial charge in [-0.15, -0.1) is 13.2 Å². The van der Waals surface area contributed by atoms with Gasteiger partial charge in [-0.05, 0) is 34.1 Å². The summed E-state index contributed by atoms with van der Waals surface area (Å²) in [6, 6.07) is 0. The van der Waals surface area contributed by atoms with Gasteiger partial charge in [0.1, 0.15) is 0 Å². The molecular formula is C16H29F3. The van der Waals surface area contributed by atoms with Gasteiger partial charge < -0.3 is 0 Å². The fourth-order valence-corrected chi connectivity index (χ4v) is 0.817. The number of rotatable bonds is 3. The molecule has 0 aliphatic heterocycles. The molecule has 3 heteroatoms. The Hall–Kier alpha value is -0.990. The van der Waals surface area contributed by atoms with Crippen molar-refractivity contribution in [1.82, 2.24) is 0 Å². The van der Waals surface area contributed by atoms with Crippen LogP contribution in [0.3, 0.4) is 0 Å². The molecule has 0 aromatic carbocycles. The zero-order valence-corrected chi connectivity index (χ0v) is 13.4. The van der Waals surface area contributed by atoms with E-state index in [2.05, 4.69) is 13.2 Å². The number of alkyl halides is 3. The highest BCUT2D eigenvalue weighted by Gasteiger charge is 2.48. The second-order valence-corrected chi connectivity index (χ2v) is 4.34. The van der Waals surface area contributed by atoms with Gasteiger partial charge in [0, 0.05) is 0 Å². The zero-order valence-electron chi connectivity index (χ0n) is 13.4. The van der Waals surface area contributed by atoms with Gasteiger partial charge in [0.05, 0.1) is 5.41 Å². The fourth-order valence-electron chi connectivity index (χ4n) is 0.817. The van der Waals surface area contributed by atoms with Crippen LogP contribution in [-0.4, -0.2) is 6.18 Å². The molecular weight excluding hydrogens is 249 g/mol. The Morgan fingerprint density at radius 1 is 1.00 bits per heavy atom. The summed E-state index contributed by atoms with van der Waals surface area (Å²) in [5, 5.41) is 0. The molecule has 0 nitrogen and oxygen atoms in total. The molecule has 114 valence electrons. The third-order valence-electron chi connectivity index (χ3n) is 2.87. The Labute approximate surface area is 117 Å². The van der Waals surface area contributed by atoms with Gasteiger partial charge in [-0.25, -0.2) is 0 Å². The van der Waals surface area contributed by atoms with E-state index < -0.39 is 11.6 Å². The van der Waals surface area contributed by atoms with E-state index in [1.54, 1.807) is 12.2 Å². The monoisotopic (exact) mass is 278 g/mol. The van der Waals surface area contributed by atoms with Crippen molar-refractivity contribution in [2.45, 2.75) is 61.1 Å². The van der Waals surface area contributed by atoms with Crippen molar-refractivity contribution < 1.29 is 13.2 Å². The number of hydrogen-bond acceptors (Lipinski definition) is 0. The standard InChI is InChI=1S/C12H19F3.C2H6.C2H4/c1-6-9(2)7-8-10(3)11(4,5)12(13,14)15;2*1-2/h7-8H,6H2,1-5H3;1-2H3;1-2H2/b9-7+,10-8+;;. The van der Waals surface area contributed by atoms with Gasteiger partial charge in [0.2, 0.25) is 0 Å². The largest absolute Gasteiger partial charge is 0.397 e. The van der Waals surface area contributed by atoms with Gasteiger partial charge in [-0.3, -0.25) is 0 Å². The van der Waals surface area contributed by atoms with E-state index in [1.165, 1.54) is 20.8 Å². The molecule has 0 fully saturated rings. The molecule has 0 aliphatic rings. The van der Waals surface area contributed by atoms with Crippen LogP contribution in [-0.2, 0) is 0 Å². The Balaban J connectivity index is -0.000000579. The van der Waals surface area contributed by atoms with Crippen molar-refractivity contribution in [1.29, 1.82) is 0 Å². The minimum atomic E-state index is -4.19. The molecule has 0 saturated carbocycles. The molecule has 0 radical (unpaired) electrons. The van der Waals surface area contributed by atoms with E-state index in [4.69, 9.17) is 0 Å². The predicted molar refractivity (Wildman–Crippen MR) is 80.2 cm³/mol.